The summed E-state index contributed by atoms with van der Waals surface area (Å²) in [5.41, 5.74) is 0.222. The summed E-state index contributed by atoms with van der Waals surface area (Å²) in [4.78, 5) is -0.450. The highest BCUT2D eigenvalue weighted by Crippen LogP contribution is 2.20. The van der Waals surface area contributed by atoms with Gasteiger partial charge >= 0.3 is 6.18 Å². The number of rotatable bonds is 3. The van der Waals surface area contributed by atoms with Crippen LogP contribution in [0.15, 0.2) is 23.1 Å². The zero-order valence-electron chi connectivity index (χ0n) is 9.25. The molecule has 0 aliphatic heterocycles. The van der Waals surface area contributed by atoms with Crippen molar-refractivity contribution in [3.8, 4) is 6.07 Å². The Morgan fingerprint density at radius 1 is 1.39 bits per heavy atom. The molecule has 0 unspecified atom stereocenters. The van der Waals surface area contributed by atoms with Gasteiger partial charge in [-0.15, -0.1) is 0 Å². The lowest BCUT2D eigenvalue weighted by Crippen LogP contribution is -2.34. The van der Waals surface area contributed by atoms with E-state index in [4.69, 9.17) is 5.26 Å². The van der Waals surface area contributed by atoms with Crippen molar-refractivity contribution in [1.29, 1.82) is 5.26 Å². The maximum absolute atomic E-state index is 12.0. The predicted molar refractivity (Wildman–Crippen MR) is 57.1 cm³/mol. The van der Waals surface area contributed by atoms with Crippen LogP contribution in [0.4, 0.5) is 13.2 Å². The largest absolute Gasteiger partial charge is 0.402 e. The number of nitrogens with zero attached hydrogens (tertiary/aromatic N) is 1. The average Bonchev–Trinajstić information content (AvgIpc) is 2.25. The quantitative estimate of drug-likeness (QED) is 0.915. The summed E-state index contributed by atoms with van der Waals surface area (Å²) in [5.74, 6) is 0. The molecule has 0 saturated heterocycles. The number of halogens is 3. The molecule has 0 saturated carbocycles. The maximum atomic E-state index is 12.0. The van der Waals surface area contributed by atoms with E-state index in [9.17, 15) is 21.6 Å². The third-order valence-corrected chi connectivity index (χ3v) is 3.54. The van der Waals surface area contributed by atoms with E-state index in [1.54, 1.807) is 6.07 Å². The van der Waals surface area contributed by atoms with Crippen LogP contribution in [0, 0.1) is 18.3 Å². The van der Waals surface area contributed by atoms with Gasteiger partial charge in [0.25, 0.3) is 0 Å². The zero-order chi connectivity index (χ0) is 14.0. The van der Waals surface area contributed by atoms with Crippen molar-refractivity contribution in [3.05, 3.63) is 29.3 Å². The van der Waals surface area contributed by atoms with Crippen LogP contribution >= 0.6 is 0 Å². The van der Waals surface area contributed by atoms with E-state index in [2.05, 4.69) is 0 Å². The van der Waals surface area contributed by atoms with Gasteiger partial charge in [0, 0.05) is 0 Å². The van der Waals surface area contributed by atoms with E-state index >= 15 is 0 Å². The number of nitriles is 1. The minimum atomic E-state index is -4.65. The molecule has 0 amide bonds. The van der Waals surface area contributed by atoms with Crippen molar-refractivity contribution in [2.45, 2.75) is 18.0 Å². The second-order valence-electron chi connectivity index (χ2n) is 3.50. The van der Waals surface area contributed by atoms with Crippen LogP contribution in [0.1, 0.15) is 11.1 Å². The Balaban J connectivity index is 3.15. The van der Waals surface area contributed by atoms with E-state index in [0.717, 1.165) is 6.07 Å². The van der Waals surface area contributed by atoms with Crippen molar-refractivity contribution in [3.63, 3.8) is 0 Å². The Hall–Kier alpha value is -1.59. The average molecular weight is 278 g/mol. The van der Waals surface area contributed by atoms with Crippen molar-refractivity contribution in [2.75, 3.05) is 6.54 Å². The van der Waals surface area contributed by atoms with Crippen molar-refractivity contribution < 1.29 is 21.6 Å². The smallest absolute Gasteiger partial charge is 0.207 e. The molecule has 0 fully saturated rings. The van der Waals surface area contributed by atoms with Gasteiger partial charge in [-0.2, -0.15) is 18.4 Å². The van der Waals surface area contributed by atoms with E-state index < -0.39 is 27.6 Å². The molecule has 0 bridgehead atoms. The molecule has 18 heavy (non-hydrogen) atoms. The van der Waals surface area contributed by atoms with E-state index in [1.807, 2.05) is 0 Å². The fourth-order valence-electron chi connectivity index (χ4n) is 1.26. The van der Waals surface area contributed by atoms with Crippen molar-refractivity contribution >= 4 is 10.0 Å². The SMILES string of the molecule is Cc1cccc(S(=O)(=O)NCC(F)(F)F)c1C#N. The van der Waals surface area contributed by atoms with E-state index in [0.29, 0.717) is 5.56 Å². The first-order chi connectivity index (χ1) is 8.17. The molecule has 0 atom stereocenters. The summed E-state index contributed by atoms with van der Waals surface area (Å²) in [7, 11) is -4.35. The molecule has 1 N–H and O–H groups in total. The summed E-state index contributed by atoms with van der Waals surface area (Å²) in [6.07, 6.45) is -4.65. The van der Waals surface area contributed by atoms with E-state index in [1.165, 1.54) is 23.8 Å². The van der Waals surface area contributed by atoms with Gasteiger partial charge < -0.3 is 0 Å². The van der Waals surface area contributed by atoms with Crippen LogP contribution in [-0.2, 0) is 10.0 Å². The number of hydrogen-bond acceptors (Lipinski definition) is 3. The Morgan fingerprint density at radius 2 is 2.00 bits per heavy atom. The lowest BCUT2D eigenvalue weighted by Gasteiger charge is -2.11. The number of aryl methyl sites for hydroxylation is 1. The van der Waals surface area contributed by atoms with Crippen LogP contribution in [0.25, 0.3) is 0 Å². The minimum Gasteiger partial charge on any atom is -0.207 e. The Bertz CT molecular complexity index is 588. The van der Waals surface area contributed by atoms with Crippen molar-refractivity contribution in [1.82, 2.24) is 4.72 Å². The third kappa shape index (κ3) is 3.45. The number of sulfonamides is 1. The van der Waals surface area contributed by atoms with E-state index in [-0.39, 0.29) is 5.56 Å². The normalized spacial score (nSPS) is 12.2. The minimum absolute atomic E-state index is 0.160. The monoisotopic (exact) mass is 278 g/mol. The first kappa shape index (κ1) is 14.5. The number of hydrogen-bond donors (Lipinski definition) is 1. The van der Waals surface area contributed by atoms with Crippen molar-refractivity contribution in [2.24, 2.45) is 0 Å². The van der Waals surface area contributed by atoms with Crippen LogP contribution in [0.5, 0.6) is 0 Å². The Morgan fingerprint density at radius 3 is 2.50 bits per heavy atom. The molecular weight excluding hydrogens is 269 g/mol. The lowest BCUT2D eigenvalue weighted by molar-refractivity contribution is -0.121. The van der Waals surface area contributed by atoms with Crippen LogP contribution in [0.2, 0.25) is 0 Å². The van der Waals surface area contributed by atoms with Gasteiger partial charge in [0.1, 0.15) is 17.5 Å². The molecular formula is C10H9F3N2O2S. The standard InChI is InChI=1S/C10H9F3N2O2S/c1-7-3-2-4-9(8(7)5-14)18(16,17)15-6-10(11,12)13/h2-4,15H,6H2,1H3. The maximum Gasteiger partial charge on any atom is 0.402 e. The molecule has 0 radical (unpaired) electrons. The molecule has 0 spiro atoms. The molecule has 0 aliphatic rings. The fourth-order valence-corrected chi connectivity index (χ4v) is 2.50. The third-order valence-electron chi connectivity index (χ3n) is 2.10. The topological polar surface area (TPSA) is 70.0 Å². The molecule has 0 aliphatic carbocycles. The van der Waals surface area contributed by atoms with Gasteiger partial charge in [-0.1, -0.05) is 12.1 Å². The Labute approximate surface area is 102 Å². The molecule has 0 aromatic heterocycles. The summed E-state index contributed by atoms with van der Waals surface area (Å²) in [6.45, 7) is -0.171. The second kappa shape index (κ2) is 4.96. The van der Waals surface area contributed by atoms with Crippen LogP contribution < -0.4 is 4.72 Å². The molecule has 4 nitrogen and oxygen atoms in total. The van der Waals surface area contributed by atoms with Crippen LogP contribution in [-0.4, -0.2) is 21.1 Å². The highest BCUT2D eigenvalue weighted by molar-refractivity contribution is 7.89. The molecule has 8 heteroatoms. The summed E-state index contributed by atoms with van der Waals surface area (Å²) < 4.78 is 60.6. The van der Waals surface area contributed by atoms with Gasteiger partial charge in [0.15, 0.2) is 0 Å². The fraction of sp³-hybridized carbons (Fsp3) is 0.300. The summed E-state index contributed by atoms with van der Waals surface area (Å²) in [5, 5.41) is 8.83. The molecule has 1 aromatic rings. The molecule has 1 aromatic carbocycles. The number of alkyl halides is 3. The summed E-state index contributed by atoms with van der Waals surface area (Å²) >= 11 is 0. The first-order valence-corrected chi connectivity index (χ1v) is 6.22. The Kier molecular flexibility index (Phi) is 3.98. The van der Waals surface area contributed by atoms with Gasteiger partial charge in [-0.05, 0) is 18.6 Å². The molecule has 98 valence electrons. The van der Waals surface area contributed by atoms with Gasteiger partial charge in [-0.25, -0.2) is 13.1 Å². The van der Waals surface area contributed by atoms with Gasteiger partial charge in [0.05, 0.1) is 5.56 Å². The summed E-state index contributed by atoms with van der Waals surface area (Å²) in [6, 6.07) is 5.62. The molecule has 1 rings (SSSR count). The first-order valence-electron chi connectivity index (χ1n) is 4.73. The predicted octanol–water partition coefficient (Wildman–Crippen LogP) is 1.71. The molecule has 0 heterocycles. The van der Waals surface area contributed by atoms with Gasteiger partial charge in [-0.3, -0.25) is 0 Å². The highest BCUT2D eigenvalue weighted by atomic mass is 32.2. The second-order valence-corrected chi connectivity index (χ2v) is 5.23. The number of nitrogens with one attached hydrogen (secondary N) is 1. The zero-order valence-corrected chi connectivity index (χ0v) is 10.1. The van der Waals surface area contributed by atoms with Gasteiger partial charge in [0.2, 0.25) is 10.0 Å². The highest BCUT2D eigenvalue weighted by Gasteiger charge is 2.31. The van der Waals surface area contributed by atoms with Crippen LogP contribution in [0.3, 0.4) is 0 Å². The number of benzene rings is 1. The lowest BCUT2D eigenvalue weighted by atomic mass is 10.1.